The summed E-state index contributed by atoms with van der Waals surface area (Å²) >= 11 is 0. The van der Waals surface area contributed by atoms with E-state index in [9.17, 15) is 13.6 Å². The molecule has 1 amide bonds. The lowest BCUT2D eigenvalue weighted by Crippen LogP contribution is -2.45. The van der Waals surface area contributed by atoms with E-state index in [1.54, 1.807) is 12.0 Å². The highest BCUT2D eigenvalue weighted by atomic mass is 19.3. The van der Waals surface area contributed by atoms with Crippen LogP contribution in [-0.4, -0.2) is 67.5 Å². The second-order valence-electron chi connectivity index (χ2n) is 6.80. The largest absolute Gasteiger partial charge is 0.497 e. The van der Waals surface area contributed by atoms with Gasteiger partial charge in [0.1, 0.15) is 5.75 Å². The number of ether oxygens (including phenoxy) is 1. The number of carbonyl (C=O) groups excluding carboxylic acids is 1. The number of hydrogen-bond donors (Lipinski definition) is 1. The van der Waals surface area contributed by atoms with Crippen molar-refractivity contribution in [2.24, 2.45) is 0 Å². The van der Waals surface area contributed by atoms with Gasteiger partial charge in [-0.2, -0.15) is 0 Å². The number of benzene rings is 1. The van der Waals surface area contributed by atoms with Gasteiger partial charge in [0.15, 0.2) is 0 Å². The fourth-order valence-corrected chi connectivity index (χ4v) is 3.45. The molecule has 1 unspecified atom stereocenters. The van der Waals surface area contributed by atoms with Crippen LogP contribution in [0.4, 0.5) is 8.78 Å². The average Bonchev–Trinajstić information content (AvgIpc) is 2.81. The SMILES string of the molecule is COc1ccc(CN2CCCN(C(=O)C3CC(F)(F)CN3)CC2)cc1. The predicted octanol–water partition coefficient (Wildman–Crippen LogP) is 1.73. The molecule has 2 saturated heterocycles. The Balaban J connectivity index is 1.52. The second kappa shape index (κ2) is 7.66. The van der Waals surface area contributed by atoms with Gasteiger partial charge >= 0.3 is 0 Å². The first-order valence-electron chi connectivity index (χ1n) is 8.72. The molecule has 0 bridgehead atoms. The zero-order valence-electron chi connectivity index (χ0n) is 14.5. The summed E-state index contributed by atoms with van der Waals surface area (Å²) in [6.07, 6.45) is 0.461. The summed E-state index contributed by atoms with van der Waals surface area (Å²) in [4.78, 5) is 16.5. The van der Waals surface area contributed by atoms with Crippen LogP contribution >= 0.6 is 0 Å². The number of halogens is 2. The van der Waals surface area contributed by atoms with Crippen LogP contribution < -0.4 is 10.1 Å². The molecule has 25 heavy (non-hydrogen) atoms. The van der Waals surface area contributed by atoms with Gasteiger partial charge in [-0.25, -0.2) is 8.78 Å². The molecule has 1 N–H and O–H groups in total. The van der Waals surface area contributed by atoms with E-state index in [4.69, 9.17) is 4.74 Å². The predicted molar refractivity (Wildman–Crippen MR) is 90.8 cm³/mol. The van der Waals surface area contributed by atoms with Gasteiger partial charge in [-0.3, -0.25) is 15.0 Å². The Morgan fingerprint density at radius 2 is 2.00 bits per heavy atom. The third kappa shape index (κ3) is 4.67. The maximum absolute atomic E-state index is 13.3. The number of nitrogens with zero attached hydrogens (tertiary/aromatic N) is 2. The smallest absolute Gasteiger partial charge is 0.262 e. The Bertz CT molecular complexity index is 594. The topological polar surface area (TPSA) is 44.8 Å². The molecule has 1 aromatic carbocycles. The van der Waals surface area contributed by atoms with Crippen molar-refractivity contribution in [3.05, 3.63) is 29.8 Å². The fourth-order valence-electron chi connectivity index (χ4n) is 3.45. The number of methoxy groups -OCH3 is 1. The number of amides is 1. The van der Waals surface area contributed by atoms with E-state index < -0.39 is 24.9 Å². The molecule has 1 aromatic rings. The minimum Gasteiger partial charge on any atom is -0.497 e. The van der Waals surface area contributed by atoms with Crippen LogP contribution in [-0.2, 0) is 11.3 Å². The molecule has 2 aliphatic heterocycles. The normalized spacial score (nSPS) is 24.1. The Morgan fingerprint density at radius 3 is 2.64 bits per heavy atom. The minimum atomic E-state index is -2.77. The Hall–Kier alpha value is -1.73. The summed E-state index contributed by atoms with van der Waals surface area (Å²) in [7, 11) is 1.64. The molecular formula is C18H25F2N3O2. The fraction of sp³-hybridized carbons (Fsp3) is 0.611. The summed E-state index contributed by atoms with van der Waals surface area (Å²) in [5.41, 5.74) is 1.19. The van der Waals surface area contributed by atoms with Gasteiger partial charge in [-0.05, 0) is 24.1 Å². The lowest BCUT2D eigenvalue weighted by Gasteiger charge is -2.24. The number of rotatable bonds is 4. The lowest BCUT2D eigenvalue weighted by molar-refractivity contribution is -0.133. The van der Waals surface area contributed by atoms with Crippen molar-refractivity contribution in [2.45, 2.75) is 31.4 Å². The van der Waals surface area contributed by atoms with E-state index in [1.807, 2.05) is 24.3 Å². The van der Waals surface area contributed by atoms with E-state index in [2.05, 4.69) is 10.2 Å². The summed E-state index contributed by atoms with van der Waals surface area (Å²) in [5.74, 6) is -2.13. The molecule has 0 aliphatic carbocycles. The molecule has 5 nitrogen and oxygen atoms in total. The van der Waals surface area contributed by atoms with E-state index >= 15 is 0 Å². The van der Waals surface area contributed by atoms with Crippen LogP contribution in [0.5, 0.6) is 5.75 Å². The first-order valence-corrected chi connectivity index (χ1v) is 8.72. The van der Waals surface area contributed by atoms with Crippen molar-refractivity contribution in [3.63, 3.8) is 0 Å². The van der Waals surface area contributed by atoms with Crippen molar-refractivity contribution < 1.29 is 18.3 Å². The highest BCUT2D eigenvalue weighted by Crippen LogP contribution is 2.26. The third-order valence-electron chi connectivity index (χ3n) is 4.87. The summed E-state index contributed by atoms with van der Waals surface area (Å²) in [6, 6.07) is 7.21. The van der Waals surface area contributed by atoms with E-state index in [1.165, 1.54) is 5.56 Å². The van der Waals surface area contributed by atoms with E-state index in [0.29, 0.717) is 13.1 Å². The maximum Gasteiger partial charge on any atom is 0.262 e. The molecule has 0 spiro atoms. The molecule has 0 radical (unpaired) electrons. The summed E-state index contributed by atoms with van der Waals surface area (Å²) in [5, 5.41) is 2.66. The van der Waals surface area contributed by atoms with Gasteiger partial charge in [-0.1, -0.05) is 12.1 Å². The number of hydrogen-bond acceptors (Lipinski definition) is 4. The van der Waals surface area contributed by atoms with Crippen molar-refractivity contribution in [3.8, 4) is 5.75 Å². The standard InChI is InChI=1S/C18H25F2N3O2/c1-25-15-5-3-14(4-6-15)12-22-7-2-8-23(10-9-22)17(24)16-11-18(19,20)13-21-16/h3-6,16,21H,2,7-13H2,1H3. The molecule has 3 rings (SSSR count). The number of carbonyl (C=O) groups is 1. The molecule has 7 heteroatoms. The second-order valence-corrected chi connectivity index (χ2v) is 6.80. The Kier molecular flexibility index (Phi) is 5.54. The summed E-state index contributed by atoms with van der Waals surface area (Å²) < 4.78 is 31.8. The van der Waals surface area contributed by atoms with Crippen LogP contribution in [0.3, 0.4) is 0 Å². The van der Waals surface area contributed by atoms with Gasteiger partial charge in [-0.15, -0.1) is 0 Å². The van der Waals surface area contributed by atoms with Crippen LogP contribution in [0.25, 0.3) is 0 Å². The van der Waals surface area contributed by atoms with Gasteiger partial charge in [0.2, 0.25) is 5.91 Å². The molecule has 138 valence electrons. The van der Waals surface area contributed by atoms with Crippen LogP contribution in [0, 0.1) is 0 Å². The monoisotopic (exact) mass is 353 g/mol. The Labute approximate surface area is 146 Å². The molecule has 0 aromatic heterocycles. The summed E-state index contributed by atoms with van der Waals surface area (Å²) in [6.45, 7) is 3.26. The van der Waals surface area contributed by atoms with Gasteiger partial charge < -0.3 is 9.64 Å². The highest BCUT2D eigenvalue weighted by molar-refractivity contribution is 5.82. The first-order chi connectivity index (χ1) is 12.0. The number of alkyl halides is 2. The van der Waals surface area contributed by atoms with Crippen LogP contribution in [0.1, 0.15) is 18.4 Å². The molecule has 2 fully saturated rings. The van der Waals surface area contributed by atoms with E-state index in [-0.39, 0.29) is 5.91 Å². The first kappa shape index (κ1) is 18.1. The van der Waals surface area contributed by atoms with Crippen molar-refractivity contribution in [1.29, 1.82) is 0 Å². The molecule has 2 aliphatic rings. The molecule has 1 atom stereocenters. The zero-order valence-corrected chi connectivity index (χ0v) is 14.5. The van der Waals surface area contributed by atoms with Gasteiger partial charge in [0, 0.05) is 39.1 Å². The van der Waals surface area contributed by atoms with Gasteiger partial charge in [0.05, 0.1) is 19.7 Å². The quantitative estimate of drug-likeness (QED) is 0.895. The molecular weight excluding hydrogens is 328 g/mol. The zero-order chi connectivity index (χ0) is 17.9. The van der Waals surface area contributed by atoms with Gasteiger partial charge in [0.25, 0.3) is 5.92 Å². The average molecular weight is 353 g/mol. The van der Waals surface area contributed by atoms with Crippen LogP contribution in [0.2, 0.25) is 0 Å². The highest BCUT2D eigenvalue weighted by Gasteiger charge is 2.43. The number of nitrogens with one attached hydrogen (secondary N) is 1. The Morgan fingerprint density at radius 1 is 1.24 bits per heavy atom. The van der Waals surface area contributed by atoms with Crippen molar-refractivity contribution in [2.75, 3.05) is 39.8 Å². The lowest BCUT2D eigenvalue weighted by atomic mass is 10.1. The van der Waals surface area contributed by atoms with Crippen molar-refractivity contribution in [1.82, 2.24) is 15.1 Å². The maximum atomic E-state index is 13.3. The van der Waals surface area contributed by atoms with Crippen LogP contribution in [0.15, 0.2) is 24.3 Å². The minimum absolute atomic E-state index is 0.191. The molecule has 0 saturated carbocycles. The van der Waals surface area contributed by atoms with E-state index in [0.717, 1.165) is 31.8 Å². The third-order valence-corrected chi connectivity index (χ3v) is 4.87. The molecule has 2 heterocycles. The van der Waals surface area contributed by atoms with Crippen molar-refractivity contribution >= 4 is 5.91 Å².